The van der Waals surface area contributed by atoms with Gasteiger partial charge in [0.25, 0.3) is 11.8 Å². The second-order valence-electron chi connectivity index (χ2n) is 8.92. The third-order valence-corrected chi connectivity index (χ3v) is 7.11. The van der Waals surface area contributed by atoms with Crippen molar-refractivity contribution in [3.8, 4) is 0 Å². The first kappa shape index (κ1) is 27.7. The van der Waals surface area contributed by atoms with Gasteiger partial charge in [0, 0.05) is 25.6 Å². The molecule has 0 fully saturated rings. The molecule has 0 bridgehead atoms. The van der Waals surface area contributed by atoms with Crippen LogP contribution < -0.4 is 5.32 Å². The van der Waals surface area contributed by atoms with E-state index in [1.807, 2.05) is 20.8 Å². The maximum absolute atomic E-state index is 13.4. The Bertz CT molecular complexity index is 1120. The summed E-state index contributed by atoms with van der Waals surface area (Å²) in [6, 6.07) is 11.1. The minimum absolute atomic E-state index is 0.0256. The van der Waals surface area contributed by atoms with Gasteiger partial charge in [-0.05, 0) is 56.0 Å². The predicted molar refractivity (Wildman–Crippen MR) is 140 cm³/mol. The number of amides is 4. The zero-order valence-corrected chi connectivity index (χ0v) is 22.2. The molecule has 0 aromatic heterocycles. The van der Waals surface area contributed by atoms with Gasteiger partial charge in [0.2, 0.25) is 11.8 Å². The summed E-state index contributed by atoms with van der Waals surface area (Å²) < 4.78 is 0. The van der Waals surface area contributed by atoms with E-state index in [4.69, 9.17) is 23.2 Å². The molecule has 1 aliphatic heterocycles. The Morgan fingerprint density at radius 1 is 0.972 bits per heavy atom. The molecule has 3 rings (SSSR count). The van der Waals surface area contributed by atoms with Crippen molar-refractivity contribution >= 4 is 46.8 Å². The molecule has 2 atom stereocenters. The van der Waals surface area contributed by atoms with Crippen molar-refractivity contribution in [2.45, 2.75) is 65.1 Å². The lowest BCUT2D eigenvalue weighted by molar-refractivity contribution is -0.141. The first-order valence-electron chi connectivity index (χ1n) is 12.2. The van der Waals surface area contributed by atoms with Crippen molar-refractivity contribution in [1.82, 2.24) is 15.1 Å². The summed E-state index contributed by atoms with van der Waals surface area (Å²) in [6.45, 7) is 6.04. The third-order valence-electron chi connectivity index (χ3n) is 6.37. The van der Waals surface area contributed by atoms with Gasteiger partial charge in [0.15, 0.2) is 0 Å². The summed E-state index contributed by atoms with van der Waals surface area (Å²) in [7, 11) is 0. The molecule has 0 saturated heterocycles. The van der Waals surface area contributed by atoms with Crippen molar-refractivity contribution in [3.63, 3.8) is 0 Å². The van der Waals surface area contributed by atoms with Crippen LogP contribution in [-0.4, -0.2) is 52.1 Å². The highest BCUT2D eigenvalue weighted by molar-refractivity contribution is 6.42. The normalized spacial score (nSPS) is 14.4. The molecule has 192 valence electrons. The van der Waals surface area contributed by atoms with Crippen molar-refractivity contribution < 1.29 is 19.2 Å². The lowest BCUT2D eigenvalue weighted by atomic mass is 10.1. The molecular weight excluding hydrogens is 501 g/mol. The fraction of sp³-hybridized carbons (Fsp3) is 0.407. The van der Waals surface area contributed by atoms with Gasteiger partial charge < -0.3 is 10.2 Å². The maximum atomic E-state index is 13.4. The Hall–Kier alpha value is -2.90. The van der Waals surface area contributed by atoms with Gasteiger partial charge in [0.1, 0.15) is 6.04 Å². The minimum atomic E-state index is -0.680. The molecule has 1 aliphatic rings. The van der Waals surface area contributed by atoms with Crippen LogP contribution in [0.3, 0.4) is 0 Å². The number of hydrogen-bond donors (Lipinski definition) is 1. The molecular formula is C27H31Cl2N3O4. The van der Waals surface area contributed by atoms with E-state index in [1.54, 1.807) is 47.4 Å². The highest BCUT2D eigenvalue weighted by Crippen LogP contribution is 2.25. The standard InChI is InChI=1S/C27H31Cl2N3O4/c1-4-17(3)30-25(34)23(5-2)32(16-18-12-13-21(28)22(29)15-18)24(33)11-8-14-31-26(35)19-9-6-7-10-20(19)27(31)36/h6-7,9-10,12-13,15,17,23H,4-5,8,11,14,16H2,1-3H3,(H,30,34)/t17-,23-/m0/s1. The fourth-order valence-corrected chi connectivity index (χ4v) is 4.49. The zero-order valence-electron chi connectivity index (χ0n) is 20.7. The summed E-state index contributed by atoms with van der Waals surface area (Å²) in [5.41, 5.74) is 1.50. The third kappa shape index (κ3) is 6.26. The van der Waals surface area contributed by atoms with Crippen LogP contribution in [0.4, 0.5) is 0 Å². The molecule has 0 saturated carbocycles. The number of nitrogens with zero attached hydrogens (tertiary/aromatic N) is 2. The molecule has 0 spiro atoms. The summed E-state index contributed by atoms with van der Waals surface area (Å²) >= 11 is 12.2. The topological polar surface area (TPSA) is 86.8 Å². The van der Waals surface area contributed by atoms with Gasteiger partial charge in [-0.3, -0.25) is 24.1 Å². The molecule has 7 nitrogen and oxygen atoms in total. The number of imide groups is 1. The fourth-order valence-electron chi connectivity index (χ4n) is 4.17. The number of rotatable bonds is 11. The Morgan fingerprint density at radius 3 is 2.17 bits per heavy atom. The van der Waals surface area contributed by atoms with Crippen LogP contribution in [-0.2, 0) is 16.1 Å². The molecule has 36 heavy (non-hydrogen) atoms. The van der Waals surface area contributed by atoms with Crippen LogP contribution in [0.2, 0.25) is 10.0 Å². The Labute approximate surface area is 221 Å². The van der Waals surface area contributed by atoms with E-state index in [-0.39, 0.29) is 55.6 Å². The summed E-state index contributed by atoms with van der Waals surface area (Å²) in [5, 5.41) is 3.74. The first-order valence-corrected chi connectivity index (χ1v) is 12.9. The average Bonchev–Trinajstić information content (AvgIpc) is 3.10. The highest BCUT2D eigenvalue weighted by atomic mass is 35.5. The minimum Gasteiger partial charge on any atom is -0.352 e. The summed E-state index contributed by atoms with van der Waals surface area (Å²) in [6.07, 6.45) is 1.55. The van der Waals surface area contributed by atoms with Crippen LogP contribution in [0.5, 0.6) is 0 Å². The van der Waals surface area contributed by atoms with E-state index in [9.17, 15) is 19.2 Å². The number of carbonyl (C=O) groups is 4. The number of benzene rings is 2. The van der Waals surface area contributed by atoms with E-state index in [2.05, 4.69) is 5.32 Å². The van der Waals surface area contributed by atoms with Crippen LogP contribution in [0.1, 0.15) is 72.7 Å². The van der Waals surface area contributed by atoms with Gasteiger partial charge in [-0.15, -0.1) is 0 Å². The van der Waals surface area contributed by atoms with Gasteiger partial charge in [0.05, 0.1) is 21.2 Å². The number of halogens is 2. The van der Waals surface area contributed by atoms with Crippen molar-refractivity contribution in [2.24, 2.45) is 0 Å². The van der Waals surface area contributed by atoms with Crippen molar-refractivity contribution in [1.29, 1.82) is 0 Å². The van der Waals surface area contributed by atoms with Crippen molar-refractivity contribution in [3.05, 3.63) is 69.2 Å². The summed E-state index contributed by atoms with van der Waals surface area (Å²) in [5.74, 6) is -1.17. The van der Waals surface area contributed by atoms with E-state index in [1.165, 1.54) is 4.90 Å². The second-order valence-corrected chi connectivity index (χ2v) is 9.74. The van der Waals surface area contributed by atoms with Gasteiger partial charge >= 0.3 is 0 Å². The van der Waals surface area contributed by atoms with Crippen LogP contribution in [0.25, 0.3) is 0 Å². The van der Waals surface area contributed by atoms with E-state index < -0.39 is 6.04 Å². The highest BCUT2D eigenvalue weighted by Gasteiger charge is 2.35. The lowest BCUT2D eigenvalue weighted by Gasteiger charge is -2.31. The number of carbonyl (C=O) groups excluding carboxylic acids is 4. The number of nitrogens with one attached hydrogen (secondary N) is 1. The largest absolute Gasteiger partial charge is 0.352 e. The quantitative estimate of drug-likeness (QED) is 0.409. The predicted octanol–water partition coefficient (Wildman–Crippen LogP) is 5.09. The molecule has 0 radical (unpaired) electrons. The number of fused-ring (bicyclic) bond motifs is 1. The van der Waals surface area contributed by atoms with Gasteiger partial charge in [-0.2, -0.15) is 0 Å². The Balaban J connectivity index is 1.73. The van der Waals surface area contributed by atoms with Gasteiger partial charge in [-0.25, -0.2) is 0 Å². The molecule has 1 N–H and O–H groups in total. The molecule has 2 aromatic rings. The first-order chi connectivity index (χ1) is 17.2. The lowest BCUT2D eigenvalue weighted by Crippen LogP contribution is -2.50. The molecule has 9 heteroatoms. The molecule has 2 aromatic carbocycles. The Morgan fingerprint density at radius 2 is 1.61 bits per heavy atom. The van der Waals surface area contributed by atoms with E-state index in [0.717, 1.165) is 12.0 Å². The SMILES string of the molecule is CC[C@H](C)NC(=O)[C@H](CC)N(Cc1ccc(Cl)c(Cl)c1)C(=O)CCCN1C(=O)c2ccccc2C1=O. The molecule has 0 aliphatic carbocycles. The van der Waals surface area contributed by atoms with Gasteiger partial charge in [-0.1, -0.05) is 55.2 Å². The van der Waals surface area contributed by atoms with E-state index >= 15 is 0 Å². The number of hydrogen-bond acceptors (Lipinski definition) is 4. The van der Waals surface area contributed by atoms with Crippen LogP contribution in [0, 0.1) is 0 Å². The smallest absolute Gasteiger partial charge is 0.261 e. The molecule has 1 heterocycles. The van der Waals surface area contributed by atoms with Crippen LogP contribution >= 0.6 is 23.2 Å². The van der Waals surface area contributed by atoms with E-state index in [0.29, 0.717) is 27.6 Å². The Kier molecular flexibility index (Phi) is 9.51. The van der Waals surface area contributed by atoms with Crippen molar-refractivity contribution in [2.75, 3.05) is 6.54 Å². The zero-order chi connectivity index (χ0) is 26.4. The monoisotopic (exact) mass is 531 g/mol. The molecule has 0 unspecified atom stereocenters. The average molecular weight is 532 g/mol. The van der Waals surface area contributed by atoms with Crippen LogP contribution in [0.15, 0.2) is 42.5 Å². The second kappa shape index (κ2) is 12.4. The summed E-state index contributed by atoms with van der Waals surface area (Å²) in [4.78, 5) is 54.4. The molecule has 4 amide bonds. The maximum Gasteiger partial charge on any atom is 0.261 e.